The van der Waals surface area contributed by atoms with Crippen molar-refractivity contribution in [1.29, 1.82) is 0 Å². The van der Waals surface area contributed by atoms with Gasteiger partial charge in [-0.2, -0.15) is 0 Å². The van der Waals surface area contributed by atoms with Gasteiger partial charge in [0.05, 0.1) is 0 Å². The second-order valence-corrected chi connectivity index (χ2v) is 10.3. The van der Waals surface area contributed by atoms with Gasteiger partial charge in [0.1, 0.15) is 0 Å². The van der Waals surface area contributed by atoms with Crippen LogP contribution in [0.15, 0.2) is 42.5 Å². The lowest BCUT2D eigenvalue weighted by Gasteiger charge is -2.31. The second-order valence-electron chi connectivity index (χ2n) is 10.3. The summed E-state index contributed by atoms with van der Waals surface area (Å²) in [6.07, 6.45) is 8.31. The molecule has 0 heteroatoms. The Morgan fingerprint density at radius 1 is 0.966 bits per heavy atom. The predicted molar refractivity (Wildman–Crippen MR) is 131 cm³/mol. The third-order valence-corrected chi connectivity index (χ3v) is 6.79. The van der Waals surface area contributed by atoms with E-state index in [1.807, 2.05) is 0 Å². The van der Waals surface area contributed by atoms with Gasteiger partial charge in [-0.05, 0) is 63.8 Å². The highest BCUT2D eigenvalue weighted by Gasteiger charge is 2.28. The second kappa shape index (κ2) is 9.96. The summed E-state index contributed by atoms with van der Waals surface area (Å²) >= 11 is 0. The summed E-state index contributed by atoms with van der Waals surface area (Å²) in [5.74, 6) is 2.16. The Kier molecular flexibility index (Phi) is 8.15. The quantitative estimate of drug-likeness (QED) is 0.454. The monoisotopic (exact) mass is 392 g/mol. The van der Waals surface area contributed by atoms with E-state index in [1.165, 1.54) is 55.2 Å². The van der Waals surface area contributed by atoms with Crippen LogP contribution < -0.4 is 0 Å². The zero-order valence-electron chi connectivity index (χ0n) is 19.0. The van der Waals surface area contributed by atoms with Gasteiger partial charge < -0.3 is 0 Å². The highest BCUT2D eigenvalue weighted by molar-refractivity contribution is 5.70. The van der Waals surface area contributed by atoms with Crippen LogP contribution in [0.25, 0.3) is 11.1 Å². The summed E-state index contributed by atoms with van der Waals surface area (Å²) in [5.41, 5.74) is 7.70. The summed E-state index contributed by atoms with van der Waals surface area (Å²) in [6.45, 7) is 14.3. The molecule has 1 unspecified atom stereocenters. The number of hydrogen-bond acceptors (Lipinski definition) is 0. The normalized spacial score (nSPS) is 20.2. The van der Waals surface area contributed by atoms with Crippen molar-refractivity contribution in [1.82, 2.24) is 0 Å². The van der Waals surface area contributed by atoms with E-state index in [-0.39, 0.29) is 12.8 Å². The molecule has 0 nitrogen and oxygen atoms in total. The molecule has 2 aromatic carbocycles. The van der Waals surface area contributed by atoms with E-state index in [9.17, 15) is 0 Å². The number of benzene rings is 2. The first-order valence-corrected chi connectivity index (χ1v) is 11.5. The van der Waals surface area contributed by atoms with E-state index in [1.54, 1.807) is 11.1 Å². The fourth-order valence-corrected chi connectivity index (χ4v) is 5.08. The smallest absolute Gasteiger partial charge is 0.0129 e. The molecular formula is C29H44. The largest absolute Gasteiger partial charge is 0.0776 e. The third kappa shape index (κ3) is 5.53. The van der Waals surface area contributed by atoms with Crippen LogP contribution in [-0.4, -0.2) is 0 Å². The van der Waals surface area contributed by atoms with Crippen LogP contribution in [0.3, 0.4) is 0 Å². The van der Waals surface area contributed by atoms with Crippen LogP contribution in [0, 0.1) is 5.92 Å². The SMILES string of the molecule is C.CC[C@H]1CCCCC(c2cc(C(C)C)c(-c3ccccc3)cc2C(C)(C)C)C1. The summed E-state index contributed by atoms with van der Waals surface area (Å²) in [5, 5.41) is 0. The molecule has 1 fully saturated rings. The highest BCUT2D eigenvalue weighted by Crippen LogP contribution is 2.44. The lowest BCUT2D eigenvalue weighted by Crippen LogP contribution is -2.18. The van der Waals surface area contributed by atoms with Gasteiger partial charge in [0, 0.05) is 0 Å². The van der Waals surface area contributed by atoms with Crippen molar-refractivity contribution in [3.8, 4) is 11.1 Å². The molecule has 0 saturated heterocycles. The molecule has 0 radical (unpaired) electrons. The molecule has 0 bridgehead atoms. The predicted octanol–water partition coefficient (Wildman–Crippen LogP) is 9.48. The van der Waals surface area contributed by atoms with Crippen molar-refractivity contribution in [2.75, 3.05) is 0 Å². The maximum atomic E-state index is 2.61. The van der Waals surface area contributed by atoms with E-state index in [2.05, 4.69) is 84.0 Å². The molecule has 2 aromatic rings. The topological polar surface area (TPSA) is 0 Å². The van der Waals surface area contributed by atoms with E-state index in [0.29, 0.717) is 5.92 Å². The highest BCUT2D eigenvalue weighted by atomic mass is 14.3. The average molecular weight is 393 g/mol. The molecule has 1 aliphatic carbocycles. The van der Waals surface area contributed by atoms with Gasteiger partial charge in [0.25, 0.3) is 0 Å². The Labute approximate surface area is 181 Å². The number of rotatable bonds is 4. The summed E-state index contributed by atoms with van der Waals surface area (Å²) in [4.78, 5) is 0. The molecule has 3 rings (SSSR count). The molecule has 29 heavy (non-hydrogen) atoms. The lowest BCUT2D eigenvalue weighted by molar-refractivity contribution is 0.418. The van der Waals surface area contributed by atoms with Crippen molar-refractivity contribution < 1.29 is 0 Å². The summed E-state index contributed by atoms with van der Waals surface area (Å²) in [7, 11) is 0. The average Bonchev–Trinajstić information content (AvgIpc) is 2.92. The fraction of sp³-hybridized carbons (Fsp3) is 0.586. The van der Waals surface area contributed by atoms with Crippen molar-refractivity contribution in [3.63, 3.8) is 0 Å². The van der Waals surface area contributed by atoms with E-state index in [0.717, 1.165) is 11.8 Å². The Morgan fingerprint density at radius 3 is 2.21 bits per heavy atom. The standard InChI is InChI=1S/C28H40.CH4/c1-7-21-13-11-12-16-23(17-21)26-18-24(20(2)3)25(19-27(26)28(4,5)6)22-14-9-8-10-15-22;/h8-10,14-15,18-21,23H,7,11-13,16-17H2,1-6H3;1H4/t21-,23?;/m0./s1. The van der Waals surface area contributed by atoms with E-state index in [4.69, 9.17) is 0 Å². The van der Waals surface area contributed by atoms with Crippen LogP contribution in [0.2, 0.25) is 0 Å². The fourth-order valence-electron chi connectivity index (χ4n) is 5.08. The lowest BCUT2D eigenvalue weighted by atomic mass is 9.74. The molecular weight excluding hydrogens is 348 g/mol. The number of hydrogen-bond donors (Lipinski definition) is 0. The van der Waals surface area contributed by atoms with Crippen molar-refractivity contribution >= 4 is 0 Å². The van der Waals surface area contributed by atoms with E-state index < -0.39 is 0 Å². The zero-order valence-corrected chi connectivity index (χ0v) is 19.0. The van der Waals surface area contributed by atoms with Gasteiger partial charge in [-0.3, -0.25) is 0 Å². The molecule has 0 spiro atoms. The molecule has 1 aliphatic rings. The molecule has 1 saturated carbocycles. The van der Waals surface area contributed by atoms with Gasteiger partial charge in [-0.1, -0.05) is 117 Å². The van der Waals surface area contributed by atoms with Crippen LogP contribution in [0.5, 0.6) is 0 Å². The minimum atomic E-state index is 0. The van der Waals surface area contributed by atoms with Crippen molar-refractivity contribution in [2.45, 2.75) is 105 Å². The first-order valence-electron chi connectivity index (χ1n) is 11.5. The van der Waals surface area contributed by atoms with Crippen LogP contribution in [0.4, 0.5) is 0 Å². The molecule has 0 heterocycles. The molecule has 2 atom stereocenters. The van der Waals surface area contributed by atoms with Gasteiger partial charge in [0.2, 0.25) is 0 Å². The minimum absolute atomic E-state index is 0. The van der Waals surface area contributed by atoms with Crippen LogP contribution in [0.1, 0.15) is 116 Å². The Hall–Kier alpha value is -1.56. The van der Waals surface area contributed by atoms with Crippen LogP contribution in [-0.2, 0) is 5.41 Å². The minimum Gasteiger partial charge on any atom is -0.0776 e. The molecule has 160 valence electrons. The van der Waals surface area contributed by atoms with Crippen LogP contribution >= 0.6 is 0 Å². The molecule has 0 amide bonds. The molecule has 0 aromatic heterocycles. The van der Waals surface area contributed by atoms with Crippen molar-refractivity contribution in [3.05, 3.63) is 59.2 Å². The Balaban J connectivity index is 0.00000300. The maximum absolute atomic E-state index is 2.61. The third-order valence-electron chi connectivity index (χ3n) is 6.79. The Bertz CT molecular complexity index is 761. The first kappa shape index (κ1) is 23.7. The van der Waals surface area contributed by atoms with E-state index >= 15 is 0 Å². The zero-order chi connectivity index (χ0) is 20.3. The van der Waals surface area contributed by atoms with Gasteiger partial charge in [0.15, 0.2) is 0 Å². The van der Waals surface area contributed by atoms with Gasteiger partial charge >= 0.3 is 0 Å². The van der Waals surface area contributed by atoms with Gasteiger partial charge in [-0.15, -0.1) is 0 Å². The molecule has 0 aliphatic heterocycles. The maximum Gasteiger partial charge on any atom is -0.0129 e. The molecule has 0 N–H and O–H groups in total. The summed E-state index contributed by atoms with van der Waals surface area (Å²) in [6, 6.07) is 16.1. The first-order chi connectivity index (χ1) is 13.3. The summed E-state index contributed by atoms with van der Waals surface area (Å²) < 4.78 is 0. The van der Waals surface area contributed by atoms with Crippen molar-refractivity contribution in [2.24, 2.45) is 5.92 Å². The Morgan fingerprint density at radius 2 is 1.62 bits per heavy atom. The van der Waals surface area contributed by atoms with Gasteiger partial charge in [-0.25, -0.2) is 0 Å².